The first-order valence-corrected chi connectivity index (χ1v) is 6.04. The van der Waals surface area contributed by atoms with Crippen molar-refractivity contribution in [2.75, 3.05) is 0 Å². The molecular weight excluding hydrogens is 256 g/mol. The van der Waals surface area contributed by atoms with Gasteiger partial charge in [-0.2, -0.15) is 0 Å². The summed E-state index contributed by atoms with van der Waals surface area (Å²) in [5, 5.41) is 10.5. The van der Waals surface area contributed by atoms with Gasteiger partial charge in [0.2, 0.25) is 0 Å². The zero-order chi connectivity index (χ0) is 14.8. The van der Waals surface area contributed by atoms with E-state index in [0.29, 0.717) is 0 Å². The van der Waals surface area contributed by atoms with Gasteiger partial charge in [0.15, 0.2) is 5.69 Å². The zero-order valence-electron chi connectivity index (χ0n) is 11.5. The van der Waals surface area contributed by atoms with Crippen LogP contribution >= 0.6 is 0 Å². The molecule has 0 aliphatic heterocycles. The smallest absolute Gasteiger partial charge is 0.270 e. The quantitative estimate of drug-likeness (QED) is 0.476. The second kappa shape index (κ2) is 5.14. The van der Waals surface area contributed by atoms with Crippen molar-refractivity contribution in [2.24, 2.45) is 5.11 Å². The maximum absolute atomic E-state index is 11.3. The van der Waals surface area contributed by atoms with Crippen LogP contribution in [-0.2, 0) is 5.41 Å². The van der Waals surface area contributed by atoms with Gasteiger partial charge in [-0.05, 0) is 33.8 Å². The van der Waals surface area contributed by atoms with E-state index in [-0.39, 0.29) is 11.1 Å². The molecule has 0 unspecified atom stereocenters. The van der Waals surface area contributed by atoms with Gasteiger partial charge in [0, 0.05) is 4.91 Å². The minimum Gasteiger partial charge on any atom is -0.285 e. The second-order valence-electron chi connectivity index (χ2n) is 5.34. The fourth-order valence-corrected chi connectivity index (χ4v) is 1.69. The first-order valence-electron chi connectivity index (χ1n) is 6.04. The highest BCUT2D eigenvalue weighted by molar-refractivity contribution is 5.92. The summed E-state index contributed by atoms with van der Waals surface area (Å²) in [5.74, 6) is -0.745. The van der Waals surface area contributed by atoms with Crippen LogP contribution in [0.25, 0.3) is 16.1 Å². The maximum Gasteiger partial charge on any atom is 0.270 e. The molecule has 0 N–H and O–H groups in total. The molecule has 0 aliphatic carbocycles. The van der Waals surface area contributed by atoms with Gasteiger partial charge in [-0.3, -0.25) is 4.79 Å². The number of benzene rings is 1. The molecule has 2 rings (SSSR count). The molecule has 1 aromatic heterocycles. The molecule has 0 saturated carbocycles. The van der Waals surface area contributed by atoms with Crippen molar-refractivity contribution in [1.82, 2.24) is 15.0 Å². The lowest BCUT2D eigenvalue weighted by atomic mass is 9.87. The molecule has 102 valence electrons. The van der Waals surface area contributed by atoms with E-state index < -0.39 is 5.91 Å². The Bertz CT molecular complexity index is 674. The number of carbonyl (C=O) groups excluding carboxylic acids is 1. The summed E-state index contributed by atoms with van der Waals surface area (Å²) >= 11 is 0. The lowest BCUT2D eigenvalue weighted by Gasteiger charge is -2.18. The summed E-state index contributed by atoms with van der Waals surface area (Å²) < 4.78 is 1.46. The Morgan fingerprint density at radius 3 is 2.50 bits per heavy atom. The number of amides is 1. The van der Waals surface area contributed by atoms with Crippen molar-refractivity contribution in [3.8, 4) is 5.69 Å². The summed E-state index contributed by atoms with van der Waals surface area (Å²) in [7, 11) is 0. The van der Waals surface area contributed by atoms with Gasteiger partial charge in [0.1, 0.15) is 0 Å². The van der Waals surface area contributed by atoms with Crippen LogP contribution in [0, 0.1) is 0 Å². The highest BCUT2D eigenvalue weighted by atomic mass is 16.2. The van der Waals surface area contributed by atoms with Crippen molar-refractivity contribution in [3.05, 3.63) is 52.2 Å². The molecule has 2 aromatic rings. The molecule has 0 bridgehead atoms. The number of rotatable bonds is 2. The van der Waals surface area contributed by atoms with Crippen LogP contribution < -0.4 is 0 Å². The molecule has 1 aromatic carbocycles. The molecule has 1 amide bonds. The van der Waals surface area contributed by atoms with Gasteiger partial charge in [0.05, 0.1) is 11.9 Å². The third kappa shape index (κ3) is 2.84. The molecule has 0 radical (unpaired) electrons. The Morgan fingerprint density at radius 2 is 1.95 bits per heavy atom. The minimum absolute atomic E-state index is 0.0164. The molecule has 0 spiro atoms. The lowest BCUT2D eigenvalue weighted by molar-refractivity contribution is 0.0995. The van der Waals surface area contributed by atoms with E-state index in [4.69, 9.17) is 5.53 Å². The molecule has 0 aliphatic rings. The summed E-state index contributed by atoms with van der Waals surface area (Å²) in [4.78, 5) is 13.8. The van der Waals surface area contributed by atoms with E-state index in [1.165, 1.54) is 16.4 Å². The lowest BCUT2D eigenvalue weighted by Crippen LogP contribution is -2.10. The van der Waals surface area contributed by atoms with E-state index in [0.717, 1.165) is 5.69 Å². The highest BCUT2D eigenvalue weighted by Gasteiger charge is 2.14. The first kappa shape index (κ1) is 13.8. The van der Waals surface area contributed by atoms with Crippen LogP contribution in [0.5, 0.6) is 0 Å². The summed E-state index contributed by atoms with van der Waals surface area (Å²) in [6, 6.07) is 7.81. The first-order chi connectivity index (χ1) is 9.41. The van der Waals surface area contributed by atoms with Crippen molar-refractivity contribution in [3.63, 3.8) is 0 Å². The number of carbonyl (C=O) groups is 1. The SMILES string of the molecule is CC(C)(C)c1ccc(-n2cc(C(=O)N=[N+]=[N-])nn2)cc1. The molecule has 0 atom stereocenters. The molecular formula is C13H14N6O. The fraction of sp³-hybridized carbons (Fsp3) is 0.308. The normalized spacial score (nSPS) is 10.9. The third-order valence-corrected chi connectivity index (χ3v) is 2.85. The van der Waals surface area contributed by atoms with Crippen molar-refractivity contribution >= 4 is 5.91 Å². The van der Waals surface area contributed by atoms with Gasteiger partial charge in [-0.15, -0.1) is 5.10 Å². The van der Waals surface area contributed by atoms with Gasteiger partial charge < -0.3 is 0 Å². The van der Waals surface area contributed by atoms with Gasteiger partial charge in [-0.25, -0.2) is 4.68 Å². The zero-order valence-corrected chi connectivity index (χ0v) is 11.5. The molecule has 0 saturated heterocycles. The van der Waals surface area contributed by atoms with Gasteiger partial charge >= 0.3 is 0 Å². The number of aromatic nitrogens is 3. The van der Waals surface area contributed by atoms with Crippen LogP contribution in [0.3, 0.4) is 0 Å². The van der Waals surface area contributed by atoms with E-state index in [9.17, 15) is 4.79 Å². The van der Waals surface area contributed by atoms with Gasteiger partial charge in [-0.1, -0.05) is 38.1 Å². The second-order valence-corrected chi connectivity index (χ2v) is 5.34. The molecule has 0 fully saturated rings. The number of hydrogen-bond donors (Lipinski definition) is 0. The predicted molar refractivity (Wildman–Crippen MR) is 73.5 cm³/mol. The monoisotopic (exact) mass is 270 g/mol. The van der Waals surface area contributed by atoms with E-state index in [1.54, 1.807) is 0 Å². The van der Waals surface area contributed by atoms with Crippen LogP contribution in [0.15, 0.2) is 35.6 Å². The fourth-order valence-electron chi connectivity index (χ4n) is 1.69. The maximum atomic E-state index is 11.3. The molecule has 7 nitrogen and oxygen atoms in total. The Hall–Kier alpha value is -2.66. The number of nitrogens with zero attached hydrogens (tertiary/aromatic N) is 6. The summed E-state index contributed by atoms with van der Waals surface area (Å²) in [6.45, 7) is 6.40. The van der Waals surface area contributed by atoms with Crippen molar-refractivity contribution < 1.29 is 4.79 Å². The third-order valence-electron chi connectivity index (χ3n) is 2.85. The van der Waals surface area contributed by atoms with Crippen LogP contribution in [-0.4, -0.2) is 20.9 Å². The Labute approximate surface area is 115 Å². The standard InChI is InChI=1S/C13H14N6O/c1-13(2,3)9-4-6-10(7-5-9)19-8-11(15-18-19)12(20)16-17-14/h4-8H,1-3H3. The molecule has 1 heterocycles. The van der Waals surface area contributed by atoms with Gasteiger partial charge in [0.25, 0.3) is 5.91 Å². The summed E-state index contributed by atoms with van der Waals surface area (Å²) in [5.41, 5.74) is 10.3. The molecule has 7 heteroatoms. The predicted octanol–water partition coefficient (Wildman–Crippen LogP) is 3.02. The minimum atomic E-state index is -0.745. The summed E-state index contributed by atoms with van der Waals surface area (Å²) in [6.07, 6.45) is 1.43. The van der Waals surface area contributed by atoms with E-state index in [2.05, 4.69) is 41.1 Å². The van der Waals surface area contributed by atoms with Crippen molar-refractivity contribution in [2.45, 2.75) is 26.2 Å². The number of hydrogen-bond acceptors (Lipinski definition) is 3. The molecule has 20 heavy (non-hydrogen) atoms. The Balaban J connectivity index is 2.29. The largest absolute Gasteiger partial charge is 0.285 e. The van der Waals surface area contributed by atoms with Crippen LogP contribution in [0.4, 0.5) is 0 Å². The topological polar surface area (TPSA) is 96.5 Å². The van der Waals surface area contributed by atoms with Crippen LogP contribution in [0.2, 0.25) is 0 Å². The van der Waals surface area contributed by atoms with E-state index in [1.807, 2.05) is 24.3 Å². The average Bonchev–Trinajstić information content (AvgIpc) is 2.88. The van der Waals surface area contributed by atoms with E-state index >= 15 is 0 Å². The Kier molecular flexibility index (Phi) is 3.54. The highest BCUT2D eigenvalue weighted by Crippen LogP contribution is 2.22. The number of azide groups is 1. The van der Waals surface area contributed by atoms with Crippen LogP contribution in [0.1, 0.15) is 36.8 Å². The Morgan fingerprint density at radius 1 is 1.30 bits per heavy atom. The van der Waals surface area contributed by atoms with Crippen molar-refractivity contribution in [1.29, 1.82) is 0 Å². The average molecular weight is 270 g/mol.